The van der Waals surface area contributed by atoms with Crippen molar-refractivity contribution in [2.24, 2.45) is 0 Å². The first-order chi connectivity index (χ1) is 12.6. The number of rotatable bonds is 5. The van der Waals surface area contributed by atoms with Crippen LogP contribution in [0.1, 0.15) is 28.4 Å². The molecule has 5 heteroatoms. The number of ether oxygens (including phenoxy) is 1. The Morgan fingerprint density at radius 3 is 2.54 bits per heavy atom. The normalized spacial score (nSPS) is 10.4. The van der Waals surface area contributed by atoms with Crippen LogP contribution in [0.4, 0.5) is 5.69 Å². The smallest absolute Gasteiger partial charge is 0.255 e. The minimum atomic E-state index is -0.136. The highest BCUT2D eigenvalue weighted by atomic mass is 16.5. The monoisotopic (exact) mass is 347 g/mol. The van der Waals surface area contributed by atoms with Crippen molar-refractivity contribution in [3.63, 3.8) is 0 Å². The van der Waals surface area contributed by atoms with Crippen LogP contribution < -0.4 is 10.1 Å². The molecular formula is C21H21N3O2. The van der Waals surface area contributed by atoms with Gasteiger partial charge in [-0.15, -0.1) is 10.2 Å². The molecule has 0 atom stereocenters. The van der Waals surface area contributed by atoms with E-state index in [0.29, 0.717) is 23.7 Å². The highest BCUT2D eigenvalue weighted by Crippen LogP contribution is 2.22. The van der Waals surface area contributed by atoms with E-state index in [4.69, 9.17) is 4.74 Å². The van der Waals surface area contributed by atoms with Crippen LogP contribution in [0.5, 0.6) is 5.88 Å². The van der Waals surface area contributed by atoms with Gasteiger partial charge in [0.1, 0.15) is 0 Å². The Kier molecular flexibility index (Phi) is 5.27. The zero-order valence-corrected chi connectivity index (χ0v) is 15.1. The summed E-state index contributed by atoms with van der Waals surface area (Å²) in [6.45, 7) is 6.47. The maximum absolute atomic E-state index is 12.5. The molecule has 1 N–H and O–H groups in total. The van der Waals surface area contributed by atoms with Gasteiger partial charge in [-0.3, -0.25) is 4.79 Å². The Morgan fingerprint density at radius 1 is 1.00 bits per heavy atom. The molecular weight excluding hydrogens is 326 g/mol. The maximum atomic E-state index is 12.5. The molecule has 0 aliphatic heterocycles. The average molecular weight is 347 g/mol. The maximum Gasteiger partial charge on any atom is 0.255 e. The number of hydrogen-bond donors (Lipinski definition) is 1. The van der Waals surface area contributed by atoms with Crippen LogP contribution in [0.25, 0.3) is 11.3 Å². The number of anilines is 1. The highest BCUT2D eigenvalue weighted by molar-refractivity contribution is 6.04. The largest absolute Gasteiger partial charge is 0.477 e. The summed E-state index contributed by atoms with van der Waals surface area (Å²) < 4.78 is 5.31. The molecule has 3 aromatic rings. The van der Waals surface area contributed by atoms with Crippen LogP contribution in [0, 0.1) is 13.8 Å². The quantitative estimate of drug-likeness (QED) is 0.742. The van der Waals surface area contributed by atoms with E-state index in [0.717, 1.165) is 22.4 Å². The average Bonchev–Trinajstić information content (AvgIpc) is 2.65. The molecule has 0 saturated heterocycles. The van der Waals surface area contributed by atoms with Gasteiger partial charge >= 0.3 is 0 Å². The summed E-state index contributed by atoms with van der Waals surface area (Å²) in [5.74, 6) is 0.360. The number of benzene rings is 2. The number of amides is 1. The van der Waals surface area contributed by atoms with Gasteiger partial charge in [0.2, 0.25) is 5.88 Å². The zero-order chi connectivity index (χ0) is 18.5. The summed E-state index contributed by atoms with van der Waals surface area (Å²) in [6, 6.07) is 16.9. The fourth-order valence-electron chi connectivity index (χ4n) is 2.54. The molecule has 1 aromatic heterocycles. The summed E-state index contributed by atoms with van der Waals surface area (Å²) in [6.07, 6.45) is 0. The van der Waals surface area contributed by atoms with Crippen LogP contribution in [0.15, 0.2) is 54.6 Å². The molecule has 0 saturated carbocycles. The fourth-order valence-corrected chi connectivity index (χ4v) is 2.54. The van der Waals surface area contributed by atoms with E-state index in [-0.39, 0.29) is 5.91 Å². The number of nitrogens with one attached hydrogen (secondary N) is 1. The van der Waals surface area contributed by atoms with Crippen LogP contribution in [0.3, 0.4) is 0 Å². The van der Waals surface area contributed by atoms with Gasteiger partial charge in [-0.2, -0.15) is 0 Å². The van der Waals surface area contributed by atoms with Crippen LogP contribution in [0.2, 0.25) is 0 Å². The van der Waals surface area contributed by atoms with Crippen molar-refractivity contribution in [1.29, 1.82) is 0 Å². The van der Waals surface area contributed by atoms with E-state index in [1.54, 1.807) is 6.07 Å². The van der Waals surface area contributed by atoms with Crippen molar-refractivity contribution in [2.75, 3.05) is 11.9 Å². The van der Waals surface area contributed by atoms with E-state index in [9.17, 15) is 4.79 Å². The number of nitrogens with zero attached hydrogens (tertiary/aromatic N) is 2. The number of carbonyl (C=O) groups excluding carboxylic acids is 1. The second kappa shape index (κ2) is 7.78. The molecule has 5 nitrogen and oxygen atoms in total. The third-order valence-corrected chi connectivity index (χ3v) is 4.12. The molecule has 0 aliphatic carbocycles. The van der Waals surface area contributed by atoms with E-state index >= 15 is 0 Å². The van der Waals surface area contributed by atoms with Gasteiger partial charge in [0.05, 0.1) is 12.3 Å². The Bertz CT molecular complexity index is 921. The van der Waals surface area contributed by atoms with Crippen molar-refractivity contribution in [2.45, 2.75) is 20.8 Å². The molecule has 1 heterocycles. The second-order valence-electron chi connectivity index (χ2n) is 6.02. The molecule has 26 heavy (non-hydrogen) atoms. The van der Waals surface area contributed by atoms with E-state index < -0.39 is 0 Å². The minimum Gasteiger partial charge on any atom is -0.477 e. The molecule has 1 amide bonds. The predicted octanol–water partition coefficient (Wildman–Crippen LogP) is 4.41. The third kappa shape index (κ3) is 4.06. The van der Waals surface area contributed by atoms with E-state index in [1.807, 2.05) is 69.3 Å². The first kappa shape index (κ1) is 17.6. The summed E-state index contributed by atoms with van der Waals surface area (Å²) in [4.78, 5) is 12.5. The van der Waals surface area contributed by atoms with E-state index in [2.05, 4.69) is 15.5 Å². The lowest BCUT2D eigenvalue weighted by atomic mass is 10.1. The number of carbonyl (C=O) groups is 1. The van der Waals surface area contributed by atoms with Crippen molar-refractivity contribution in [1.82, 2.24) is 10.2 Å². The first-order valence-electron chi connectivity index (χ1n) is 8.52. The van der Waals surface area contributed by atoms with Gasteiger partial charge in [-0.1, -0.05) is 18.2 Å². The van der Waals surface area contributed by atoms with Gasteiger partial charge in [0, 0.05) is 22.9 Å². The Hall–Kier alpha value is -3.21. The van der Waals surface area contributed by atoms with Gasteiger partial charge < -0.3 is 10.1 Å². The van der Waals surface area contributed by atoms with E-state index in [1.165, 1.54) is 0 Å². The summed E-state index contributed by atoms with van der Waals surface area (Å²) in [5.41, 5.74) is 5.20. The molecule has 2 aromatic carbocycles. The summed E-state index contributed by atoms with van der Waals surface area (Å²) in [7, 11) is 0. The van der Waals surface area contributed by atoms with Gasteiger partial charge in [0.25, 0.3) is 5.91 Å². The van der Waals surface area contributed by atoms with Crippen molar-refractivity contribution < 1.29 is 9.53 Å². The molecule has 0 fully saturated rings. The van der Waals surface area contributed by atoms with Crippen LogP contribution >= 0.6 is 0 Å². The zero-order valence-electron chi connectivity index (χ0n) is 15.1. The molecule has 3 rings (SSSR count). The van der Waals surface area contributed by atoms with Crippen molar-refractivity contribution in [3.05, 3.63) is 71.3 Å². The lowest BCUT2D eigenvalue weighted by Gasteiger charge is -2.09. The second-order valence-corrected chi connectivity index (χ2v) is 6.02. The molecule has 0 spiro atoms. The highest BCUT2D eigenvalue weighted by Gasteiger charge is 2.09. The van der Waals surface area contributed by atoms with Crippen molar-refractivity contribution >= 4 is 11.6 Å². The molecule has 0 aliphatic rings. The molecule has 0 radical (unpaired) electrons. The van der Waals surface area contributed by atoms with Gasteiger partial charge in [-0.05, 0) is 62.2 Å². The molecule has 132 valence electrons. The van der Waals surface area contributed by atoms with Crippen LogP contribution in [-0.4, -0.2) is 22.7 Å². The number of aryl methyl sites for hydroxylation is 2. The third-order valence-electron chi connectivity index (χ3n) is 4.12. The van der Waals surface area contributed by atoms with Crippen LogP contribution in [-0.2, 0) is 0 Å². The fraction of sp³-hybridized carbons (Fsp3) is 0.190. The van der Waals surface area contributed by atoms with Gasteiger partial charge in [-0.25, -0.2) is 0 Å². The number of hydrogen-bond acceptors (Lipinski definition) is 4. The first-order valence-corrected chi connectivity index (χ1v) is 8.52. The topological polar surface area (TPSA) is 64.1 Å². The Labute approximate surface area is 153 Å². The standard InChI is InChI=1S/C21H21N3O2/c1-4-26-20-11-10-19(23-24-20)16-6-5-7-18(13-16)22-21(25)17-9-8-14(2)15(3)12-17/h5-13H,4H2,1-3H3,(H,22,25). The summed E-state index contributed by atoms with van der Waals surface area (Å²) >= 11 is 0. The molecule has 0 unspecified atom stereocenters. The minimum absolute atomic E-state index is 0.136. The SMILES string of the molecule is CCOc1ccc(-c2cccc(NC(=O)c3ccc(C)c(C)c3)c2)nn1. The predicted molar refractivity (Wildman–Crippen MR) is 103 cm³/mol. The Morgan fingerprint density at radius 2 is 1.85 bits per heavy atom. The van der Waals surface area contributed by atoms with Gasteiger partial charge in [0.15, 0.2) is 0 Å². The summed E-state index contributed by atoms with van der Waals surface area (Å²) in [5, 5.41) is 11.2. The van der Waals surface area contributed by atoms with Crippen molar-refractivity contribution in [3.8, 4) is 17.1 Å². The lowest BCUT2D eigenvalue weighted by Crippen LogP contribution is -2.12. The Balaban J connectivity index is 1.78. The molecule has 0 bridgehead atoms. The number of aromatic nitrogens is 2. The lowest BCUT2D eigenvalue weighted by molar-refractivity contribution is 0.102.